The zero-order valence-corrected chi connectivity index (χ0v) is 11.7. The number of aliphatic hydroxyl groups excluding tert-OH is 1. The van der Waals surface area contributed by atoms with Crippen molar-refractivity contribution in [2.24, 2.45) is 0 Å². The molecular formula is C15H16O6. The lowest BCUT2D eigenvalue weighted by Crippen LogP contribution is -2.27. The van der Waals surface area contributed by atoms with Crippen molar-refractivity contribution in [1.29, 1.82) is 0 Å². The van der Waals surface area contributed by atoms with Gasteiger partial charge in [-0.1, -0.05) is 0 Å². The summed E-state index contributed by atoms with van der Waals surface area (Å²) in [5.74, 6) is -0.128. The lowest BCUT2D eigenvalue weighted by molar-refractivity contribution is -0.164. The molecule has 6 heteroatoms. The van der Waals surface area contributed by atoms with E-state index in [1.165, 1.54) is 19.1 Å². The summed E-state index contributed by atoms with van der Waals surface area (Å²) >= 11 is 0. The van der Waals surface area contributed by atoms with Gasteiger partial charge >= 0.3 is 11.6 Å². The van der Waals surface area contributed by atoms with Crippen LogP contribution in [-0.2, 0) is 9.53 Å². The molecule has 0 spiro atoms. The first kappa shape index (κ1) is 15.1. The fourth-order valence-electron chi connectivity index (χ4n) is 1.85. The van der Waals surface area contributed by atoms with E-state index in [9.17, 15) is 14.7 Å². The summed E-state index contributed by atoms with van der Waals surface area (Å²) in [6.45, 7) is 2.83. The van der Waals surface area contributed by atoms with Gasteiger partial charge in [-0.15, -0.1) is 0 Å². The molecule has 0 aliphatic carbocycles. The largest absolute Gasteiger partial charge is 0.455 e. The van der Waals surface area contributed by atoms with Gasteiger partial charge in [-0.2, -0.15) is 0 Å². The molecule has 1 heterocycles. The predicted molar refractivity (Wildman–Crippen MR) is 75.0 cm³/mol. The Balaban J connectivity index is 2.23. The van der Waals surface area contributed by atoms with Crippen LogP contribution in [0.25, 0.3) is 11.0 Å². The number of esters is 1. The molecule has 0 aliphatic heterocycles. The number of rotatable bonds is 5. The van der Waals surface area contributed by atoms with Crippen LogP contribution < -0.4 is 10.4 Å². The van der Waals surface area contributed by atoms with Crippen LogP contribution in [0.3, 0.4) is 0 Å². The molecule has 0 amide bonds. The van der Waals surface area contributed by atoms with Crippen molar-refractivity contribution in [3.63, 3.8) is 0 Å². The monoisotopic (exact) mass is 292 g/mol. The number of fused-ring (bicyclic) bond motifs is 1. The Bertz CT molecular complexity index is 688. The van der Waals surface area contributed by atoms with Gasteiger partial charge in [-0.25, -0.2) is 4.79 Å². The summed E-state index contributed by atoms with van der Waals surface area (Å²) in [5.41, 5.74) is -0.0845. The van der Waals surface area contributed by atoms with Gasteiger partial charge in [0, 0.05) is 30.9 Å². The molecule has 0 bridgehead atoms. The topological polar surface area (TPSA) is 86.0 Å². The third-order valence-corrected chi connectivity index (χ3v) is 2.69. The molecule has 0 radical (unpaired) electrons. The normalized spacial score (nSPS) is 13.7. The molecule has 0 fully saturated rings. The highest BCUT2D eigenvalue weighted by molar-refractivity contribution is 5.77. The molecule has 0 aliphatic rings. The van der Waals surface area contributed by atoms with Crippen molar-refractivity contribution in [2.75, 3.05) is 0 Å². The van der Waals surface area contributed by atoms with Crippen LogP contribution in [0.5, 0.6) is 5.75 Å². The van der Waals surface area contributed by atoms with Crippen molar-refractivity contribution in [2.45, 2.75) is 32.7 Å². The molecule has 2 rings (SSSR count). The second-order valence-corrected chi connectivity index (χ2v) is 4.70. The Morgan fingerprint density at radius 2 is 2.05 bits per heavy atom. The van der Waals surface area contributed by atoms with Crippen LogP contribution in [0.1, 0.15) is 20.3 Å². The minimum atomic E-state index is -0.907. The Labute approximate surface area is 120 Å². The molecule has 2 aromatic rings. The molecule has 1 aromatic carbocycles. The van der Waals surface area contributed by atoms with Crippen molar-refractivity contribution in [3.05, 3.63) is 40.8 Å². The molecule has 21 heavy (non-hydrogen) atoms. The van der Waals surface area contributed by atoms with Crippen molar-refractivity contribution in [1.82, 2.24) is 0 Å². The van der Waals surface area contributed by atoms with E-state index in [2.05, 4.69) is 0 Å². The van der Waals surface area contributed by atoms with Crippen LogP contribution in [-0.4, -0.2) is 23.5 Å². The highest BCUT2D eigenvalue weighted by Gasteiger charge is 2.17. The highest BCUT2D eigenvalue weighted by Crippen LogP contribution is 2.21. The molecule has 112 valence electrons. The molecule has 6 nitrogen and oxygen atoms in total. The van der Waals surface area contributed by atoms with Crippen LogP contribution in [0, 0.1) is 0 Å². The van der Waals surface area contributed by atoms with Gasteiger partial charge in [0.05, 0.1) is 6.10 Å². The quantitative estimate of drug-likeness (QED) is 0.514. The smallest absolute Gasteiger partial charge is 0.336 e. The number of benzene rings is 1. The van der Waals surface area contributed by atoms with Gasteiger partial charge in [0.25, 0.3) is 0 Å². The lowest BCUT2D eigenvalue weighted by atomic mass is 10.2. The molecule has 0 saturated heterocycles. The summed E-state index contributed by atoms with van der Waals surface area (Å²) in [4.78, 5) is 22.2. The van der Waals surface area contributed by atoms with E-state index in [0.29, 0.717) is 11.3 Å². The van der Waals surface area contributed by atoms with Gasteiger partial charge in [0.1, 0.15) is 11.3 Å². The maximum Gasteiger partial charge on any atom is 0.336 e. The SMILES string of the molecule is CC(=O)OC(CC(C)O)Oc1ccc2ccc(=O)oc2c1. The zero-order valence-electron chi connectivity index (χ0n) is 11.7. The average Bonchev–Trinajstić information content (AvgIpc) is 2.36. The predicted octanol–water partition coefficient (Wildman–Crippen LogP) is 1.83. The maximum atomic E-state index is 11.2. The number of ether oxygens (including phenoxy) is 2. The highest BCUT2D eigenvalue weighted by atomic mass is 16.7. The summed E-state index contributed by atoms with van der Waals surface area (Å²) in [6, 6.07) is 7.90. The number of hydrogen-bond acceptors (Lipinski definition) is 6. The Hall–Kier alpha value is -2.34. The van der Waals surface area contributed by atoms with Crippen LogP contribution in [0.2, 0.25) is 0 Å². The van der Waals surface area contributed by atoms with Gasteiger partial charge in [0.15, 0.2) is 0 Å². The number of carbonyl (C=O) groups excluding carboxylic acids is 1. The Morgan fingerprint density at radius 3 is 2.71 bits per heavy atom. The van der Waals surface area contributed by atoms with Gasteiger partial charge < -0.3 is 19.0 Å². The van der Waals surface area contributed by atoms with E-state index < -0.39 is 24.0 Å². The molecular weight excluding hydrogens is 276 g/mol. The van der Waals surface area contributed by atoms with Crippen LogP contribution >= 0.6 is 0 Å². The van der Waals surface area contributed by atoms with Gasteiger partial charge in [0.2, 0.25) is 6.29 Å². The van der Waals surface area contributed by atoms with Crippen LogP contribution in [0.4, 0.5) is 0 Å². The van der Waals surface area contributed by atoms with Crippen molar-refractivity contribution < 1.29 is 23.8 Å². The third kappa shape index (κ3) is 4.32. The van der Waals surface area contributed by atoms with E-state index in [1.807, 2.05) is 0 Å². The minimum Gasteiger partial charge on any atom is -0.455 e. The second-order valence-electron chi connectivity index (χ2n) is 4.70. The third-order valence-electron chi connectivity index (χ3n) is 2.69. The minimum absolute atomic E-state index is 0.135. The molecule has 1 aromatic heterocycles. The van der Waals surface area contributed by atoms with Gasteiger partial charge in [-0.05, 0) is 25.1 Å². The van der Waals surface area contributed by atoms with E-state index >= 15 is 0 Å². The first-order valence-corrected chi connectivity index (χ1v) is 6.50. The molecule has 1 N–H and O–H groups in total. The second kappa shape index (κ2) is 6.41. The standard InChI is InChI=1S/C15H16O6/c1-9(16)7-15(19-10(2)17)20-12-5-3-11-4-6-14(18)21-13(11)8-12/h3-6,8-9,15-16H,7H2,1-2H3. The molecule has 2 atom stereocenters. The molecule has 0 saturated carbocycles. The molecule has 2 unspecified atom stereocenters. The summed E-state index contributed by atoms with van der Waals surface area (Å²) in [6.07, 6.45) is -1.46. The van der Waals surface area contributed by atoms with Crippen molar-refractivity contribution in [3.8, 4) is 5.75 Å². The number of carbonyl (C=O) groups is 1. The van der Waals surface area contributed by atoms with E-state index in [1.54, 1.807) is 25.1 Å². The Morgan fingerprint density at radius 1 is 1.33 bits per heavy atom. The van der Waals surface area contributed by atoms with E-state index in [-0.39, 0.29) is 6.42 Å². The number of hydrogen-bond donors (Lipinski definition) is 1. The zero-order chi connectivity index (χ0) is 15.4. The van der Waals surface area contributed by atoms with E-state index in [0.717, 1.165) is 5.39 Å². The average molecular weight is 292 g/mol. The van der Waals surface area contributed by atoms with Gasteiger partial charge in [-0.3, -0.25) is 4.79 Å². The maximum absolute atomic E-state index is 11.2. The summed E-state index contributed by atoms with van der Waals surface area (Å²) in [5, 5.41) is 10.1. The van der Waals surface area contributed by atoms with Crippen molar-refractivity contribution >= 4 is 16.9 Å². The first-order chi connectivity index (χ1) is 9.94. The summed E-state index contributed by atoms with van der Waals surface area (Å²) < 4.78 is 15.6. The number of aliphatic hydroxyl groups is 1. The fourth-order valence-corrected chi connectivity index (χ4v) is 1.85. The lowest BCUT2D eigenvalue weighted by Gasteiger charge is -2.19. The first-order valence-electron chi connectivity index (χ1n) is 6.50. The fraction of sp³-hybridized carbons (Fsp3) is 0.333. The Kier molecular flexibility index (Phi) is 4.59. The van der Waals surface area contributed by atoms with E-state index in [4.69, 9.17) is 13.9 Å². The van der Waals surface area contributed by atoms with Crippen LogP contribution in [0.15, 0.2) is 39.5 Å². The summed E-state index contributed by atoms with van der Waals surface area (Å²) in [7, 11) is 0.